The smallest absolute Gasteiger partial charge is 0.243 e. The van der Waals surface area contributed by atoms with Crippen LogP contribution in [0, 0.1) is 5.92 Å². The van der Waals surface area contributed by atoms with E-state index in [1.165, 1.54) is 16.4 Å². The molecule has 27 heavy (non-hydrogen) atoms. The summed E-state index contributed by atoms with van der Waals surface area (Å²) in [6.07, 6.45) is 2.10. The van der Waals surface area contributed by atoms with Gasteiger partial charge in [-0.25, -0.2) is 8.42 Å². The lowest BCUT2D eigenvalue weighted by Gasteiger charge is -2.26. The lowest BCUT2D eigenvalue weighted by atomic mass is 10.0. The molecule has 1 aromatic carbocycles. The van der Waals surface area contributed by atoms with Crippen LogP contribution >= 0.6 is 23.8 Å². The molecule has 0 amide bonds. The second kappa shape index (κ2) is 10.0. The van der Waals surface area contributed by atoms with Gasteiger partial charge in [0.1, 0.15) is 0 Å². The van der Waals surface area contributed by atoms with E-state index < -0.39 is 10.0 Å². The Balaban J connectivity index is 2.07. The molecule has 9 heteroatoms. The molecule has 1 heterocycles. The molecule has 1 saturated heterocycles. The zero-order valence-corrected chi connectivity index (χ0v) is 18.4. The van der Waals surface area contributed by atoms with Crippen molar-refractivity contribution in [3.05, 3.63) is 23.2 Å². The first-order valence-electron chi connectivity index (χ1n) is 9.15. The van der Waals surface area contributed by atoms with Crippen molar-refractivity contribution < 1.29 is 13.2 Å². The average Bonchev–Trinajstić information content (AvgIpc) is 2.62. The van der Waals surface area contributed by atoms with Crippen LogP contribution in [-0.2, 0) is 14.8 Å². The van der Waals surface area contributed by atoms with Crippen LogP contribution in [0.1, 0.15) is 33.6 Å². The molecule has 0 spiro atoms. The number of halogens is 1. The summed E-state index contributed by atoms with van der Waals surface area (Å²) in [7, 11) is -3.59. The first-order chi connectivity index (χ1) is 12.7. The fraction of sp³-hybridized carbons (Fsp3) is 0.611. The van der Waals surface area contributed by atoms with Gasteiger partial charge in [0.2, 0.25) is 10.0 Å². The second-order valence-corrected chi connectivity index (χ2v) is 9.88. The Bertz CT molecular complexity index is 750. The van der Waals surface area contributed by atoms with Crippen molar-refractivity contribution in [2.24, 2.45) is 5.92 Å². The molecule has 6 nitrogen and oxygen atoms in total. The quantitative estimate of drug-likeness (QED) is 0.641. The third-order valence-electron chi connectivity index (χ3n) is 4.35. The Kier molecular flexibility index (Phi) is 8.30. The number of thiocarbonyl (C=S) groups is 1. The predicted molar refractivity (Wildman–Crippen MR) is 114 cm³/mol. The standard InChI is InChI=1S/C18H28ClN3O3S2/c1-13(2)4-5-14(3)20-18(26)21-17-12-15(6-7-16(17)19)27(23,24)22-8-10-25-11-9-22/h6-7,12-14H,4-5,8-11H2,1-3H3,(H2,20,21,26). The highest BCUT2D eigenvalue weighted by molar-refractivity contribution is 7.89. The summed E-state index contributed by atoms with van der Waals surface area (Å²) in [6, 6.07) is 4.83. The van der Waals surface area contributed by atoms with E-state index >= 15 is 0 Å². The van der Waals surface area contributed by atoms with Crippen molar-refractivity contribution in [2.75, 3.05) is 31.6 Å². The van der Waals surface area contributed by atoms with E-state index in [9.17, 15) is 8.42 Å². The Morgan fingerprint density at radius 1 is 1.26 bits per heavy atom. The Hall–Kier alpha value is -0.930. The van der Waals surface area contributed by atoms with Crippen molar-refractivity contribution in [1.29, 1.82) is 0 Å². The number of rotatable bonds is 7. The van der Waals surface area contributed by atoms with E-state index in [-0.39, 0.29) is 10.9 Å². The van der Waals surface area contributed by atoms with Crippen molar-refractivity contribution in [1.82, 2.24) is 9.62 Å². The summed E-state index contributed by atoms with van der Waals surface area (Å²) in [5.41, 5.74) is 0.472. The zero-order chi connectivity index (χ0) is 20.0. The van der Waals surface area contributed by atoms with Crippen LogP contribution in [-0.4, -0.2) is 50.2 Å². The third-order valence-corrected chi connectivity index (χ3v) is 6.79. The summed E-state index contributed by atoms with van der Waals surface area (Å²) in [5, 5.41) is 7.08. The SMILES string of the molecule is CC(C)CCC(C)NC(=S)Nc1cc(S(=O)(=O)N2CCOCC2)ccc1Cl. The summed E-state index contributed by atoms with van der Waals surface area (Å²) < 4.78 is 32.3. The van der Waals surface area contributed by atoms with E-state index in [0.717, 1.165) is 12.8 Å². The monoisotopic (exact) mass is 433 g/mol. The minimum absolute atomic E-state index is 0.187. The maximum absolute atomic E-state index is 12.8. The Morgan fingerprint density at radius 3 is 2.56 bits per heavy atom. The van der Waals surface area contributed by atoms with E-state index in [1.54, 1.807) is 6.07 Å². The average molecular weight is 434 g/mol. The van der Waals surface area contributed by atoms with Gasteiger partial charge in [-0.1, -0.05) is 25.4 Å². The molecule has 0 bridgehead atoms. The van der Waals surface area contributed by atoms with Gasteiger partial charge in [0.15, 0.2) is 5.11 Å². The molecule has 0 aliphatic carbocycles. The zero-order valence-electron chi connectivity index (χ0n) is 16.0. The summed E-state index contributed by atoms with van der Waals surface area (Å²) in [6.45, 7) is 7.94. The first-order valence-corrected chi connectivity index (χ1v) is 11.4. The summed E-state index contributed by atoms with van der Waals surface area (Å²) in [4.78, 5) is 0.187. The van der Waals surface area contributed by atoms with Crippen molar-refractivity contribution in [3.63, 3.8) is 0 Å². The molecule has 2 N–H and O–H groups in total. The molecule has 2 rings (SSSR count). The Morgan fingerprint density at radius 2 is 1.93 bits per heavy atom. The summed E-state index contributed by atoms with van der Waals surface area (Å²) >= 11 is 11.6. The maximum atomic E-state index is 12.8. The lowest BCUT2D eigenvalue weighted by Crippen LogP contribution is -2.40. The van der Waals surface area contributed by atoms with Gasteiger partial charge in [0, 0.05) is 19.1 Å². The molecule has 0 radical (unpaired) electrons. The van der Waals surface area contributed by atoms with E-state index in [4.69, 9.17) is 28.6 Å². The van der Waals surface area contributed by atoms with E-state index in [2.05, 4.69) is 31.4 Å². The van der Waals surface area contributed by atoms with Crippen molar-refractivity contribution in [2.45, 2.75) is 44.6 Å². The molecule has 1 aromatic rings. The van der Waals surface area contributed by atoms with Gasteiger partial charge in [-0.05, 0) is 56.1 Å². The number of nitrogens with one attached hydrogen (secondary N) is 2. The molecule has 1 fully saturated rings. The van der Waals surface area contributed by atoms with Crippen molar-refractivity contribution in [3.8, 4) is 0 Å². The Labute approximate surface area is 172 Å². The highest BCUT2D eigenvalue weighted by Gasteiger charge is 2.27. The van der Waals surface area contributed by atoms with E-state index in [1.807, 2.05) is 0 Å². The molecule has 1 aliphatic rings. The number of benzene rings is 1. The van der Waals surface area contributed by atoms with Gasteiger partial charge in [-0.15, -0.1) is 0 Å². The minimum atomic E-state index is -3.59. The van der Waals surface area contributed by atoms with Crippen LogP contribution in [0.2, 0.25) is 5.02 Å². The lowest BCUT2D eigenvalue weighted by molar-refractivity contribution is 0.0730. The minimum Gasteiger partial charge on any atom is -0.379 e. The normalized spacial score (nSPS) is 16.9. The van der Waals surface area contributed by atoms with Gasteiger partial charge in [-0.2, -0.15) is 4.31 Å². The fourth-order valence-corrected chi connectivity index (χ4v) is 4.65. The van der Waals surface area contributed by atoms with E-state index in [0.29, 0.717) is 48.0 Å². The predicted octanol–water partition coefficient (Wildman–Crippen LogP) is 3.47. The topological polar surface area (TPSA) is 70.7 Å². The number of ether oxygens (including phenoxy) is 1. The summed E-state index contributed by atoms with van der Waals surface area (Å²) in [5.74, 6) is 0.632. The highest BCUT2D eigenvalue weighted by atomic mass is 35.5. The van der Waals surface area contributed by atoms with Crippen LogP contribution in [0.4, 0.5) is 5.69 Å². The fourth-order valence-electron chi connectivity index (χ4n) is 2.73. The molecule has 0 aromatic heterocycles. The largest absolute Gasteiger partial charge is 0.379 e. The van der Waals surface area contributed by atoms with Crippen LogP contribution < -0.4 is 10.6 Å². The van der Waals surface area contributed by atoms with Crippen LogP contribution in [0.5, 0.6) is 0 Å². The molecule has 1 unspecified atom stereocenters. The second-order valence-electron chi connectivity index (χ2n) is 7.13. The number of sulfonamides is 1. The number of hydrogen-bond acceptors (Lipinski definition) is 4. The third kappa shape index (κ3) is 6.57. The molecular weight excluding hydrogens is 406 g/mol. The van der Waals surface area contributed by atoms with Crippen molar-refractivity contribution >= 4 is 44.6 Å². The van der Waals surface area contributed by atoms with Crippen LogP contribution in [0.15, 0.2) is 23.1 Å². The number of nitrogens with zero attached hydrogens (tertiary/aromatic N) is 1. The maximum Gasteiger partial charge on any atom is 0.243 e. The molecule has 0 saturated carbocycles. The van der Waals surface area contributed by atoms with Gasteiger partial charge in [0.05, 0.1) is 28.8 Å². The number of morpholine rings is 1. The van der Waals surface area contributed by atoms with Gasteiger partial charge >= 0.3 is 0 Å². The molecular formula is C18H28ClN3O3S2. The molecule has 1 aliphatic heterocycles. The molecule has 152 valence electrons. The number of anilines is 1. The van der Waals surface area contributed by atoms with Crippen LogP contribution in [0.3, 0.4) is 0 Å². The molecule has 1 atom stereocenters. The van der Waals surface area contributed by atoms with Crippen LogP contribution in [0.25, 0.3) is 0 Å². The first kappa shape index (κ1) is 22.4. The number of hydrogen-bond donors (Lipinski definition) is 2. The highest BCUT2D eigenvalue weighted by Crippen LogP contribution is 2.27. The van der Waals surface area contributed by atoms with Gasteiger partial charge in [-0.3, -0.25) is 0 Å². The van der Waals surface area contributed by atoms with Gasteiger partial charge in [0.25, 0.3) is 0 Å². The van der Waals surface area contributed by atoms with Gasteiger partial charge < -0.3 is 15.4 Å².